The maximum absolute atomic E-state index is 14.5. The number of pyridine rings is 1. The number of anilines is 2. The van der Waals surface area contributed by atoms with Crippen molar-refractivity contribution in [3.05, 3.63) is 53.2 Å². The van der Waals surface area contributed by atoms with Crippen molar-refractivity contribution in [3.63, 3.8) is 0 Å². The minimum Gasteiger partial charge on any atom is -0.423 e. The summed E-state index contributed by atoms with van der Waals surface area (Å²) in [6.45, 7) is 4.80. The van der Waals surface area contributed by atoms with E-state index in [4.69, 9.17) is 14.7 Å². The summed E-state index contributed by atoms with van der Waals surface area (Å²) < 4.78 is 20.6. The Kier molecular flexibility index (Phi) is 4.90. The minimum atomic E-state index is -0.264. The summed E-state index contributed by atoms with van der Waals surface area (Å²) in [5, 5.41) is 6.80. The second kappa shape index (κ2) is 7.95. The maximum atomic E-state index is 14.5. The van der Waals surface area contributed by atoms with Crippen LogP contribution in [0.25, 0.3) is 11.1 Å². The quantitative estimate of drug-likeness (QED) is 0.492. The average molecular weight is 447 g/mol. The smallest absolute Gasteiger partial charge is 0.324 e. The molecule has 0 amide bonds. The van der Waals surface area contributed by atoms with Crippen LogP contribution in [0, 0.1) is 18.7 Å². The molecule has 6 rings (SSSR count). The molecule has 1 aliphatic carbocycles. The molecule has 2 aliphatic heterocycles. The first-order chi connectivity index (χ1) is 16.1. The highest BCUT2D eigenvalue weighted by Gasteiger charge is 2.38. The third-order valence-electron chi connectivity index (χ3n) is 7.03. The van der Waals surface area contributed by atoms with E-state index in [-0.39, 0.29) is 5.82 Å². The lowest BCUT2D eigenvalue weighted by atomic mass is 9.94. The predicted octanol–water partition coefficient (Wildman–Crippen LogP) is 3.91. The Labute approximate surface area is 192 Å². The van der Waals surface area contributed by atoms with E-state index in [1.807, 2.05) is 26.1 Å². The van der Waals surface area contributed by atoms with E-state index in [2.05, 4.69) is 20.5 Å². The molecule has 2 atom stereocenters. The van der Waals surface area contributed by atoms with Crippen molar-refractivity contribution in [2.24, 2.45) is 5.92 Å². The lowest BCUT2D eigenvalue weighted by molar-refractivity contribution is 0.340. The number of piperidine rings is 1. The third-order valence-corrected chi connectivity index (χ3v) is 7.03. The Bertz CT molecular complexity index is 1200. The van der Waals surface area contributed by atoms with Crippen molar-refractivity contribution in [3.8, 4) is 22.9 Å². The van der Waals surface area contributed by atoms with Crippen molar-refractivity contribution in [1.29, 1.82) is 0 Å². The van der Waals surface area contributed by atoms with Crippen LogP contribution in [0.1, 0.15) is 29.8 Å². The van der Waals surface area contributed by atoms with Gasteiger partial charge < -0.3 is 20.3 Å². The number of nitrogens with one attached hydrogen (secondary N) is 2. The fraction of sp³-hybridized carbons (Fsp3) is 0.400. The van der Waals surface area contributed by atoms with Gasteiger partial charge in [-0.05, 0) is 67.6 Å². The van der Waals surface area contributed by atoms with E-state index in [9.17, 15) is 4.39 Å². The number of fused-ring (bicyclic) bond motifs is 4. The van der Waals surface area contributed by atoms with Gasteiger partial charge in [0, 0.05) is 49.5 Å². The van der Waals surface area contributed by atoms with Crippen LogP contribution in [0.5, 0.6) is 11.8 Å². The molecule has 33 heavy (non-hydrogen) atoms. The molecule has 4 heterocycles. The number of nitrogens with zero attached hydrogens (tertiary/aromatic N) is 4. The summed E-state index contributed by atoms with van der Waals surface area (Å²) in [5.41, 5.74) is 5.42. The van der Waals surface area contributed by atoms with E-state index in [1.165, 1.54) is 12.8 Å². The van der Waals surface area contributed by atoms with E-state index in [0.29, 0.717) is 30.1 Å². The highest BCUT2D eigenvalue weighted by molar-refractivity contribution is 5.88. The molecule has 2 saturated heterocycles. The van der Waals surface area contributed by atoms with Crippen LogP contribution >= 0.6 is 0 Å². The summed E-state index contributed by atoms with van der Waals surface area (Å²) in [4.78, 5) is 16.3. The summed E-state index contributed by atoms with van der Waals surface area (Å²) in [5.74, 6) is 1.76. The number of hydrogen-bond donors (Lipinski definition) is 2. The lowest BCUT2D eigenvalue weighted by Crippen LogP contribution is -2.40. The van der Waals surface area contributed by atoms with E-state index >= 15 is 0 Å². The van der Waals surface area contributed by atoms with Gasteiger partial charge in [0.15, 0.2) is 0 Å². The molecule has 0 bridgehead atoms. The molecular formula is C25H27FN6O. The second-order valence-corrected chi connectivity index (χ2v) is 9.16. The van der Waals surface area contributed by atoms with Crippen LogP contribution in [0.3, 0.4) is 0 Å². The van der Waals surface area contributed by atoms with Gasteiger partial charge in [0.1, 0.15) is 17.4 Å². The molecule has 0 unspecified atom stereocenters. The molecule has 7 nitrogen and oxygen atoms in total. The number of halogens is 1. The largest absolute Gasteiger partial charge is 0.423 e. The summed E-state index contributed by atoms with van der Waals surface area (Å²) in [6, 6.07) is 7.68. The van der Waals surface area contributed by atoms with Crippen LogP contribution in [-0.4, -0.2) is 47.7 Å². The molecule has 2 N–H and O–H groups in total. The molecule has 1 aromatic carbocycles. The second-order valence-electron chi connectivity index (χ2n) is 9.16. The van der Waals surface area contributed by atoms with E-state index < -0.39 is 0 Å². The molecule has 170 valence electrons. The zero-order valence-corrected chi connectivity index (χ0v) is 18.9. The first-order valence-electron chi connectivity index (χ1n) is 11.6. The Morgan fingerprint density at radius 1 is 1.21 bits per heavy atom. The highest BCUT2D eigenvalue weighted by Crippen LogP contribution is 2.46. The normalized spacial score (nSPS) is 20.9. The zero-order chi connectivity index (χ0) is 22.5. The SMILES string of the molecule is CNc1cc(F)cc2c1Cc1nc(Oc3ccc(C)nc3)nc(N3C[C@@H]4CCCN[C@@H]4C3)c1-2. The van der Waals surface area contributed by atoms with Gasteiger partial charge in [-0.15, -0.1) is 0 Å². The molecule has 0 radical (unpaired) electrons. The van der Waals surface area contributed by atoms with Crippen LogP contribution in [0.2, 0.25) is 0 Å². The number of aromatic nitrogens is 3. The molecule has 0 saturated carbocycles. The van der Waals surface area contributed by atoms with Gasteiger partial charge in [-0.25, -0.2) is 4.39 Å². The van der Waals surface area contributed by atoms with Crippen LogP contribution in [-0.2, 0) is 6.42 Å². The van der Waals surface area contributed by atoms with Gasteiger partial charge in [0.25, 0.3) is 0 Å². The number of hydrogen-bond acceptors (Lipinski definition) is 7. The summed E-state index contributed by atoms with van der Waals surface area (Å²) >= 11 is 0. The molecular weight excluding hydrogens is 419 g/mol. The zero-order valence-electron chi connectivity index (χ0n) is 18.9. The highest BCUT2D eigenvalue weighted by atomic mass is 19.1. The Morgan fingerprint density at radius 3 is 2.91 bits per heavy atom. The van der Waals surface area contributed by atoms with E-state index in [1.54, 1.807) is 18.3 Å². The van der Waals surface area contributed by atoms with Gasteiger partial charge >= 0.3 is 6.01 Å². The fourth-order valence-corrected chi connectivity index (χ4v) is 5.43. The summed E-state index contributed by atoms with van der Waals surface area (Å²) in [6.07, 6.45) is 4.71. The van der Waals surface area contributed by atoms with Crippen LogP contribution < -0.4 is 20.3 Å². The topological polar surface area (TPSA) is 75.2 Å². The lowest BCUT2D eigenvalue weighted by Gasteiger charge is -2.24. The first-order valence-corrected chi connectivity index (χ1v) is 11.6. The third kappa shape index (κ3) is 3.58. The monoisotopic (exact) mass is 446 g/mol. The van der Waals surface area contributed by atoms with Crippen LogP contribution in [0.15, 0.2) is 30.5 Å². The van der Waals surface area contributed by atoms with Crippen molar-refractivity contribution in [1.82, 2.24) is 20.3 Å². The van der Waals surface area contributed by atoms with Gasteiger partial charge in [-0.2, -0.15) is 9.97 Å². The molecule has 3 aromatic rings. The van der Waals surface area contributed by atoms with Gasteiger partial charge in [0.05, 0.1) is 11.9 Å². The fourth-order valence-electron chi connectivity index (χ4n) is 5.43. The number of benzene rings is 1. The molecule has 2 fully saturated rings. The van der Waals surface area contributed by atoms with Crippen molar-refractivity contribution in [2.45, 2.75) is 32.2 Å². The molecule has 2 aromatic heterocycles. The number of ether oxygens (including phenoxy) is 1. The average Bonchev–Trinajstić information content (AvgIpc) is 3.41. The van der Waals surface area contributed by atoms with Crippen LogP contribution in [0.4, 0.5) is 15.9 Å². The van der Waals surface area contributed by atoms with Crippen molar-refractivity contribution >= 4 is 11.5 Å². The Balaban J connectivity index is 1.45. The predicted molar refractivity (Wildman–Crippen MR) is 126 cm³/mol. The standard InChI is InChI=1S/C25H27FN6O/c1-14-5-6-17(11-29-14)33-25-30-21-10-18-19(8-16(26)9-20(18)27-2)23(21)24(31-25)32-12-15-4-3-7-28-22(15)13-32/h5-6,8-9,11,15,22,27-28H,3-4,7,10,12-13H2,1-2H3/t15-,22+/m0/s1. The number of aryl methyl sites for hydroxylation is 1. The maximum Gasteiger partial charge on any atom is 0.324 e. The van der Waals surface area contributed by atoms with Crippen molar-refractivity contribution < 1.29 is 9.13 Å². The van der Waals surface area contributed by atoms with Crippen molar-refractivity contribution in [2.75, 3.05) is 36.9 Å². The van der Waals surface area contributed by atoms with E-state index in [0.717, 1.165) is 59.2 Å². The minimum absolute atomic E-state index is 0.264. The molecule has 3 aliphatic rings. The Morgan fingerprint density at radius 2 is 2.12 bits per heavy atom. The molecule has 0 spiro atoms. The van der Waals surface area contributed by atoms with Gasteiger partial charge in [-0.3, -0.25) is 4.98 Å². The van der Waals surface area contributed by atoms with Gasteiger partial charge in [0.2, 0.25) is 0 Å². The van der Waals surface area contributed by atoms with Gasteiger partial charge in [-0.1, -0.05) is 0 Å². The Hall–Kier alpha value is -3.26. The number of rotatable bonds is 4. The molecule has 8 heteroatoms. The first kappa shape index (κ1) is 20.4. The summed E-state index contributed by atoms with van der Waals surface area (Å²) in [7, 11) is 1.82.